The Morgan fingerprint density at radius 2 is 1.71 bits per heavy atom. The van der Waals surface area contributed by atoms with Crippen LogP contribution in [0.2, 0.25) is 5.02 Å². The molecule has 0 radical (unpaired) electrons. The number of hydrogen-bond acceptors (Lipinski definition) is 3. The molecule has 4 rings (SSSR count). The van der Waals surface area contributed by atoms with Crippen LogP contribution < -0.4 is 5.43 Å². The van der Waals surface area contributed by atoms with Gasteiger partial charge in [0.15, 0.2) is 0 Å². The van der Waals surface area contributed by atoms with Gasteiger partial charge in [0.25, 0.3) is 0 Å². The van der Waals surface area contributed by atoms with Gasteiger partial charge in [0, 0.05) is 16.1 Å². The van der Waals surface area contributed by atoms with Gasteiger partial charge in [0.1, 0.15) is 11.3 Å². The fourth-order valence-corrected chi connectivity index (χ4v) is 4.70. The van der Waals surface area contributed by atoms with Crippen LogP contribution in [0.15, 0.2) is 45.6 Å². The van der Waals surface area contributed by atoms with Gasteiger partial charge in [-0.15, -0.1) is 0 Å². The molecule has 1 heterocycles. The smallest absolute Gasteiger partial charge is 0.450 e. The van der Waals surface area contributed by atoms with Crippen LogP contribution in [-0.2, 0) is 12.6 Å². The van der Waals surface area contributed by atoms with E-state index < -0.39 is 22.9 Å². The summed E-state index contributed by atoms with van der Waals surface area (Å²) in [4.78, 5) is 13.3. The molecule has 0 amide bonds. The third kappa shape index (κ3) is 4.31. The minimum Gasteiger partial charge on any atom is -0.508 e. The molecule has 1 aromatic heterocycles. The van der Waals surface area contributed by atoms with Gasteiger partial charge in [-0.25, -0.2) is 0 Å². The summed E-state index contributed by atoms with van der Waals surface area (Å²) in [7, 11) is 0. The monoisotopic (exact) mass is 450 g/mol. The molecule has 0 bridgehead atoms. The van der Waals surface area contributed by atoms with E-state index in [2.05, 4.69) is 0 Å². The van der Waals surface area contributed by atoms with E-state index in [0.717, 1.165) is 38.5 Å². The SMILES string of the molecule is O=c1c(-c2ccccc2Cl)c(C(F)(F)F)oc2c(CC3CCCCCC3)c(O)ccc12. The van der Waals surface area contributed by atoms with Crippen molar-refractivity contribution in [2.45, 2.75) is 51.1 Å². The van der Waals surface area contributed by atoms with E-state index in [0.29, 0.717) is 6.42 Å². The normalized spacial score (nSPS) is 15.9. The van der Waals surface area contributed by atoms with Crippen LogP contribution in [0.5, 0.6) is 5.75 Å². The predicted molar refractivity (Wildman–Crippen MR) is 114 cm³/mol. The first-order chi connectivity index (χ1) is 14.8. The number of phenolic OH excluding ortho intramolecular Hbond substituents is 1. The van der Waals surface area contributed by atoms with Gasteiger partial charge in [0.2, 0.25) is 11.2 Å². The number of fused-ring (bicyclic) bond motifs is 1. The van der Waals surface area contributed by atoms with Crippen molar-refractivity contribution in [2.24, 2.45) is 5.92 Å². The van der Waals surface area contributed by atoms with Crippen molar-refractivity contribution in [3.05, 3.63) is 63.0 Å². The molecule has 1 aliphatic carbocycles. The Bertz CT molecular complexity index is 1160. The van der Waals surface area contributed by atoms with E-state index in [1.807, 2.05) is 0 Å². The number of phenols is 1. The molecule has 1 fully saturated rings. The second-order valence-electron chi connectivity index (χ2n) is 8.11. The van der Waals surface area contributed by atoms with E-state index >= 15 is 0 Å². The van der Waals surface area contributed by atoms with E-state index in [4.69, 9.17) is 16.0 Å². The fraction of sp³-hybridized carbons (Fsp3) is 0.375. The Labute approximate surface area is 182 Å². The fourth-order valence-electron chi connectivity index (χ4n) is 4.47. The van der Waals surface area contributed by atoms with Crippen molar-refractivity contribution in [2.75, 3.05) is 0 Å². The van der Waals surface area contributed by atoms with Crippen LogP contribution in [0, 0.1) is 5.92 Å². The quantitative estimate of drug-likeness (QED) is 0.424. The lowest BCUT2D eigenvalue weighted by Crippen LogP contribution is -2.17. The van der Waals surface area contributed by atoms with Crippen LogP contribution >= 0.6 is 11.6 Å². The van der Waals surface area contributed by atoms with Crippen LogP contribution in [0.25, 0.3) is 22.1 Å². The highest BCUT2D eigenvalue weighted by Crippen LogP contribution is 2.41. The van der Waals surface area contributed by atoms with Crippen molar-refractivity contribution >= 4 is 22.6 Å². The maximum Gasteiger partial charge on any atom is 0.450 e. The third-order valence-electron chi connectivity index (χ3n) is 6.01. The molecule has 7 heteroatoms. The molecule has 0 saturated heterocycles. The van der Waals surface area contributed by atoms with E-state index in [-0.39, 0.29) is 38.8 Å². The predicted octanol–water partition coefficient (Wildman–Crippen LogP) is 7.35. The van der Waals surface area contributed by atoms with Crippen molar-refractivity contribution in [1.29, 1.82) is 0 Å². The average Bonchev–Trinajstić information content (AvgIpc) is 2.99. The van der Waals surface area contributed by atoms with Crippen LogP contribution in [-0.4, -0.2) is 5.11 Å². The Morgan fingerprint density at radius 3 is 2.35 bits per heavy atom. The topological polar surface area (TPSA) is 50.4 Å². The highest BCUT2D eigenvalue weighted by Gasteiger charge is 2.40. The molecule has 0 atom stereocenters. The van der Waals surface area contributed by atoms with Gasteiger partial charge in [-0.3, -0.25) is 4.79 Å². The van der Waals surface area contributed by atoms with Crippen LogP contribution in [0.3, 0.4) is 0 Å². The zero-order chi connectivity index (χ0) is 22.2. The van der Waals surface area contributed by atoms with Crippen LogP contribution in [0.1, 0.15) is 49.8 Å². The van der Waals surface area contributed by atoms with Crippen molar-refractivity contribution in [1.82, 2.24) is 0 Å². The zero-order valence-corrected chi connectivity index (χ0v) is 17.5. The summed E-state index contributed by atoms with van der Waals surface area (Å²) in [6, 6.07) is 8.55. The summed E-state index contributed by atoms with van der Waals surface area (Å²) >= 11 is 6.12. The minimum absolute atomic E-state index is 0.00402. The third-order valence-corrected chi connectivity index (χ3v) is 6.34. The lowest BCUT2D eigenvalue weighted by Gasteiger charge is -2.18. The Hall–Kier alpha value is -2.47. The Balaban J connectivity index is 1.96. The van der Waals surface area contributed by atoms with Crippen molar-refractivity contribution in [3.63, 3.8) is 0 Å². The maximum atomic E-state index is 14.0. The summed E-state index contributed by atoms with van der Waals surface area (Å²) in [5.41, 5.74) is -1.40. The number of hydrogen-bond donors (Lipinski definition) is 1. The molecule has 1 saturated carbocycles. The largest absolute Gasteiger partial charge is 0.508 e. The highest BCUT2D eigenvalue weighted by atomic mass is 35.5. The average molecular weight is 451 g/mol. The molecule has 31 heavy (non-hydrogen) atoms. The number of aromatic hydroxyl groups is 1. The van der Waals surface area contributed by atoms with Crippen LogP contribution in [0.4, 0.5) is 13.2 Å². The van der Waals surface area contributed by atoms with Gasteiger partial charge in [-0.1, -0.05) is 68.3 Å². The minimum atomic E-state index is -4.91. The first-order valence-corrected chi connectivity index (χ1v) is 10.8. The van der Waals surface area contributed by atoms with E-state index in [1.165, 1.54) is 30.3 Å². The number of halogens is 4. The van der Waals surface area contributed by atoms with Gasteiger partial charge in [-0.2, -0.15) is 13.2 Å². The van der Waals surface area contributed by atoms with Gasteiger partial charge >= 0.3 is 6.18 Å². The first kappa shape index (κ1) is 21.8. The van der Waals surface area contributed by atoms with Gasteiger partial charge in [-0.05, 0) is 30.5 Å². The highest BCUT2D eigenvalue weighted by molar-refractivity contribution is 6.33. The molecule has 164 valence electrons. The molecule has 3 aromatic rings. The molecule has 3 nitrogen and oxygen atoms in total. The van der Waals surface area contributed by atoms with Gasteiger partial charge in [0.05, 0.1) is 10.9 Å². The molecule has 1 N–H and O–H groups in total. The summed E-state index contributed by atoms with van der Waals surface area (Å²) in [5, 5.41) is 10.5. The lowest BCUT2D eigenvalue weighted by molar-refractivity contribution is -0.152. The van der Waals surface area contributed by atoms with E-state index in [9.17, 15) is 23.1 Å². The van der Waals surface area contributed by atoms with E-state index in [1.54, 1.807) is 6.07 Å². The maximum absolute atomic E-state index is 14.0. The molecule has 0 aliphatic heterocycles. The summed E-state index contributed by atoms with van der Waals surface area (Å²) in [6.45, 7) is 0. The van der Waals surface area contributed by atoms with Crippen molar-refractivity contribution in [3.8, 4) is 16.9 Å². The summed E-state index contributed by atoms with van der Waals surface area (Å²) < 4.78 is 47.3. The number of benzene rings is 2. The lowest BCUT2D eigenvalue weighted by atomic mass is 9.90. The Kier molecular flexibility index (Phi) is 6.02. The number of alkyl halides is 3. The second-order valence-corrected chi connectivity index (χ2v) is 8.52. The Morgan fingerprint density at radius 1 is 1.03 bits per heavy atom. The standard InChI is InChI=1S/C24H22ClF3O3/c25-18-10-6-5-9-15(18)20-21(30)16-11-12-19(29)17(13-14-7-3-1-2-4-8-14)22(16)31-23(20)24(26,27)28/h5-6,9-12,14,29H,1-4,7-8,13H2. The molecule has 0 unspecified atom stereocenters. The first-order valence-electron chi connectivity index (χ1n) is 10.4. The zero-order valence-electron chi connectivity index (χ0n) is 16.8. The molecule has 1 aliphatic rings. The van der Waals surface area contributed by atoms with Gasteiger partial charge < -0.3 is 9.52 Å². The molecule has 0 spiro atoms. The number of rotatable bonds is 3. The molecular formula is C24H22ClF3O3. The summed E-state index contributed by atoms with van der Waals surface area (Å²) in [6.07, 6.45) is 1.68. The van der Waals surface area contributed by atoms with Crippen molar-refractivity contribution < 1.29 is 22.7 Å². The molecule has 2 aromatic carbocycles. The molecular weight excluding hydrogens is 429 g/mol. The summed E-state index contributed by atoms with van der Waals surface area (Å²) in [5.74, 6) is -1.33. The second kappa shape index (κ2) is 8.58.